The zero-order valence-corrected chi connectivity index (χ0v) is 11.8. The lowest BCUT2D eigenvalue weighted by atomic mass is 9.99. The molecule has 3 nitrogen and oxygen atoms in total. The number of hydrogen-bond acceptors (Lipinski definition) is 3. The lowest BCUT2D eigenvalue weighted by molar-refractivity contribution is 0.615. The van der Waals surface area contributed by atoms with E-state index in [1.165, 1.54) is 6.07 Å². The summed E-state index contributed by atoms with van der Waals surface area (Å²) in [5, 5.41) is 1.09. The minimum Gasteiger partial charge on any atom is -0.271 e. The molecule has 1 heterocycles. The fraction of sp³-hybridized carbons (Fsp3) is 0.0625. The quantitative estimate of drug-likeness (QED) is 0.574. The molecule has 1 unspecified atom stereocenters. The first kappa shape index (κ1) is 13.9. The molecular weight excluding hydrogens is 289 g/mol. The van der Waals surface area contributed by atoms with E-state index in [0.29, 0.717) is 0 Å². The Kier molecular flexibility index (Phi) is 3.84. The molecule has 0 spiro atoms. The number of nitrogens with one attached hydrogen (secondary N) is 1. The van der Waals surface area contributed by atoms with Crippen LogP contribution in [-0.4, -0.2) is 4.98 Å². The standard InChI is InChI=1S/C16H13ClFN3/c17-13-8-11(5-6-14(13)18)16(21-19)12-7-10-3-1-2-4-15(10)20-9-12/h1-9,16,21H,19H2. The molecule has 0 saturated heterocycles. The highest BCUT2D eigenvalue weighted by Crippen LogP contribution is 2.26. The Bertz CT molecular complexity index is 791. The SMILES string of the molecule is NNC(c1ccc(F)c(Cl)c1)c1cnc2ccccc2c1. The number of para-hydroxylation sites is 1. The van der Waals surface area contributed by atoms with Gasteiger partial charge in [-0.25, -0.2) is 9.82 Å². The van der Waals surface area contributed by atoms with Gasteiger partial charge in [-0.3, -0.25) is 10.8 Å². The molecule has 3 N–H and O–H groups in total. The zero-order valence-electron chi connectivity index (χ0n) is 11.1. The first-order chi connectivity index (χ1) is 10.2. The van der Waals surface area contributed by atoms with Crippen LogP contribution < -0.4 is 11.3 Å². The molecule has 0 aliphatic heterocycles. The summed E-state index contributed by atoms with van der Waals surface area (Å²) in [5.74, 6) is 5.20. The highest BCUT2D eigenvalue weighted by Gasteiger charge is 2.15. The first-order valence-electron chi connectivity index (χ1n) is 6.45. The molecule has 0 aliphatic rings. The van der Waals surface area contributed by atoms with Crippen molar-refractivity contribution in [2.45, 2.75) is 6.04 Å². The Morgan fingerprint density at radius 2 is 1.90 bits per heavy atom. The van der Waals surface area contributed by atoms with Gasteiger partial charge in [0.15, 0.2) is 0 Å². The maximum Gasteiger partial charge on any atom is 0.141 e. The smallest absolute Gasteiger partial charge is 0.141 e. The Morgan fingerprint density at radius 1 is 1.10 bits per heavy atom. The summed E-state index contributed by atoms with van der Waals surface area (Å²) in [6.07, 6.45) is 1.75. The normalized spacial score (nSPS) is 12.5. The number of pyridine rings is 1. The third-order valence-electron chi connectivity index (χ3n) is 3.39. The van der Waals surface area contributed by atoms with Crippen molar-refractivity contribution in [1.29, 1.82) is 0 Å². The molecule has 0 saturated carbocycles. The molecule has 3 aromatic rings. The fourth-order valence-electron chi connectivity index (χ4n) is 2.32. The van der Waals surface area contributed by atoms with Crippen molar-refractivity contribution in [3.05, 3.63) is 76.7 Å². The predicted octanol–water partition coefficient (Wildman–Crippen LogP) is 3.58. The van der Waals surface area contributed by atoms with Gasteiger partial charge < -0.3 is 0 Å². The van der Waals surface area contributed by atoms with Gasteiger partial charge in [0.05, 0.1) is 16.6 Å². The van der Waals surface area contributed by atoms with E-state index >= 15 is 0 Å². The van der Waals surface area contributed by atoms with Crippen LogP contribution in [0.25, 0.3) is 10.9 Å². The lowest BCUT2D eigenvalue weighted by Gasteiger charge is -2.17. The van der Waals surface area contributed by atoms with Gasteiger partial charge in [0.1, 0.15) is 5.82 Å². The van der Waals surface area contributed by atoms with E-state index in [1.54, 1.807) is 18.3 Å². The number of nitrogens with two attached hydrogens (primary N) is 1. The Balaban J connectivity index is 2.06. The molecule has 106 valence electrons. The Labute approximate surface area is 126 Å². The van der Waals surface area contributed by atoms with E-state index in [9.17, 15) is 4.39 Å². The van der Waals surface area contributed by atoms with Gasteiger partial charge in [0.2, 0.25) is 0 Å². The highest BCUT2D eigenvalue weighted by atomic mass is 35.5. The van der Waals surface area contributed by atoms with Crippen molar-refractivity contribution in [2.24, 2.45) is 5.84 Å². The van der Waals surface area contributed by atoms with Crippen LogP contribution in [0.1, 0.15) is 17.2 Å². The summed E-state index contributed by atoms with van der Waals surface area (Å²) in [4.78, 5) is 4.41. The third kappa shape index (κ3) is 2.74. The summed E-state index contributed by atoms with van der Waals surface area (Å²) in [7, 11) is 0. The van der Waals surface area contributed by atoms with E-state index in [2.05, 4.69) is 10.4 Å². The second-order valence-electron chi connectivity index (χ2n) is 4.73. The van der Waals surface area contributed by atoms with Crippen LogP contribution in [0.4, 0.5) is 4.39 Å². The number of benzene rings is 2. The van der Waals surface area contributed by atoms with E-state index in [0.717, 1.165) is 22.0 Å². The van der Waals surface area contributed by atoms with Crippen molar-refractivity contribution in [2.75, 3.05) is 0 Å². The summed E-state index contributed by atoms with van der Waals surface area (Å²) >= 11 is 5.84. The van der Waals surface area contributed by atoms with Crippen LogP contribution in [0.2, 0.25) is 5.02 Å². The van der Waals surface area contributed by atoms with E-state index in [4.69, 9.17) is 17.4 Å². The molecule has 1 atom stereocenters. The Morgan fingerprint density at radius 3 is 2.67 bits per heavy atom. The monoisotopic (exact) mass is 301 g/mol. The van der Waals surface area contributed by atoms with Crippen LogP contribution in [0, 0.1) is 5.82 Å². The van der Waals surface area contributed by atoms with Gasteiger partial charge in [-0.1, -0.05) is 35.9 Å². The van der Waals surface area contributed by atoms with Crippen LogP contribution in [-0.2, 0) is 0 Å². The highest BCUT2D eigenvalue weighted by molar-refractivity contribution is 6.30. The third-order valence-corrected chi connectivity index (χ3v) is 3.68. The number of halogens is 2. The van der Waals surface area contributed by atoms with Crippen LogP contribution in [0.15, 0.2) is 54.7 Å². The van der Waals surface area contributed by atoms with E-state index < -0.39 is 5.82 Å². The molecule has 2 aromatic carbocycles. The minimum atomic E-state index is -0.451. The van der Waals surface area contributed by atoms with Crippen LogP contribution >= 0.6 is 11.6 Å². The van der Waals surface area contributed by atoms with Gasteiger partial charge in [-0.15, -0.1) is 0 Å². The number of aromatic nitrogens is 1. The maximum absolute atomic E-state index is 13.3. The average Bonchev–Trinajstić information content (AvgIpc) is 2.51. The molecule has 3 rings (SSSR count). The van der Waals surface area contributed by atoms with Gasteiger partial charge in [-0.2, -0.15) is 0 Å². The van der Waals surface area contributed by atoms with Gasteiger partial charge in [0, 0.05) is 11.6 Å². The van der Waals surface area contributed by atoms with E-state index in [1.807, 2.05) is 30.3 Å². The summed E-state index contributed by atoms with van der Waals surface area (Å²) in [6.45, 7) is 0. The van der Waals surface area contributed by atoms with Gasteiger partial charge in [0.25, 0.3) is 0 Å². The first-order valence-corrected chi connectivity index (χ1v) is 6.82. The summed E-state index contributed by atoms with van der Waals surface area (Å²) < 4.78 is 13.3. The number of nitrogens with zero attached hydrogens (tertiary/aromatic N) is 1. The van der Waals surface area contributed by atoms with Crippen molar-refractivity contribution >= 4 is 22.5 Å². The zero-order chi connectivity index (χ0) is 14.8. The van der Waals surface area contributed by atoms with E-state index in [-0.39, 0.29) is 11.1 Å². The molecule has 0 fully saturated rings. The van der Waals surface area contributed by atoms with Crippen molar-refractivity contribution in [1.82, 2.24) is 10.4 Å². The van der Waals surface area contributed by atoms with Crippen LogP contribution in [0.3, 0.4) is 0 Å². The fourth-order valence-corrected chi connectivity index (χ4v) is 2.51. The summed E-state index contributed by atoms with van der Waals surface area (Å²) in [6, 6.07) is 14.1. The number of rotatable bonds is 3. The summed E-state index contributed by atoms with van der Waals surface area (Å²) in [5.41, 5.74) is 5.30. The second-order valence-corrected chi connectivity index (χ2v) is 5.14. The van der Waals surface area contributed by atoms with Crippen molar-refractivity contribution in [3.8, 4) is 0 Å². The largest absolute Gasteiger partial charge is 0.271 e. The number of hydrogen-bond donors (Lipinski definition) is 2. The number of hydrazine groups is 1. The molecule has 0 amide bonds. The molecule has 0 aliphatic carbocycles. The number of fused-ring (bicyclic) bond motifs is 1. The van der Waals surface area contributed by atoms with Gasteiger partial charge in [-0.05, 0) is 35.4 Å². The molecule has 5 heteroatoms. The topological polar surface area (TPSA) is 50.9 Å². The second kappa shape index (κ2) is 5.77. The molecular formula is C16H13ClFN3. The van der Waals surface area contributed by atoms with Crippen molar-refractivity contribution < 1.29 is 4.39 Å². The van der Waals surface area contributed by atoms with Crippen LogP contribution in [0.5, 0.6) is 0 Å². The van der Waals surface area contributed by atoms with Crippen molar-refractivity contribution in [3.63, 3.8) is 0 Å². The molecule has 0 bridgehead atoms. The molecule has 0 radical (unpaired) electrons. The maximum atomic E-state index is 13.3. The minimum absolute atomic E-state index is 0.0708. The Hall–Kier alpha value is -2.01. The average molecular weight is 302 g/mol. The molecule has 1 aromatic heterocycles. The predicted molar refractivity (Wildman–Crippen MR) is 82.3 cm³/mol. The molecule has 21 heavy (non-hydrogen) atoms. The van der Waals surface area contributed by atoms with Gasteiger partial charge >= 0.3 is 0 Å². The lowest BCUT2D eigenvalue weighted by Crippen LogP contribution is -2.29.